The van der Waals surface area contributed by atoms with E-state index in [1.807, 2.05) is 0 Å². The molecule has 1 aromatic heterocycles. The molecule has 0 aliphatic rings. The standard InChI is InChI=1S/C10H17ClN4O/c1-3-4-5-12-10(16)13-7-9-8(11)6-14-15(9)2/h6H,3-5,7H2,1-2H3,(H2,12,13,16). The number of hydrogen-bond donors (Lipinski definition) is 2. The maximum absolute atomic E-state index is 11.3. The quantitative estimate of drug-likeness (QED) is 0.775. The zero-order chi connectivity index (χ0) is 12.0. The summed E-state index contributed by atoms with van der Waals surface area (Å²) in [7, 11) is 1.79. The Morgan fingerprint density at radius 3 is 2.88 bits per heavy atom. The van der Waals surface area contributed by atoms with E-state index >= 15 is 0 Å². The third-order valence-electron chi connectivity index (χ3n) is 2.24. The average Bonchev–Trinajstić information content (AvgIpc) is 2.57. The number of hydrogen-bond acceptors (Lipinski definition) is 2. The molecule has 2 N–H and O–H groups in total. The van der Waals surface area contributed by atoms with Crippen LogP contribution < -0.4 is 10.6 Å². The van der Waals surface area contributed by atoms with Gasteiger partial charge >= 0.3 is 6.03 Å². The van der Waals surface area contributed by atoms with Crippen LogP contribution in [0.1, 0.15) is 25.5 Å². The highest BCUT2D eigenvalue weighted by atomic mass is 35.5. The number of unbranched alkanes of at least 4 members (excludes halogenated alkanes) is 1. The van der Waals surface area contributed by atoms with Gasteiger partial charge in [-0.05, 0) is 6.42 Å². The summed E-state index contributed by atoms with van der Waals surface area (Å²) in [5.74, 6) is 0. The van der Waals surface area contributed by atoms with E-state index in [0.717, 1.165) is 18.5 Å². The Balaban J connectivity index is 2.32. The van der Waals surface area contributed by atoms with Gasteiger partial charge < -0.3 is 10.6 Å². The van der Waals surface area contributed by atoms with Crippen LogP contribution in [0.3, 0.4) is 0 Å². The second kappa shape index (κ2) is 6.37. The number of amides is 2. The molecule has 2 amide bonds. The van der Waals surface area contributed by atoms with Crippen LogP contribution in [0.2, 0.25) is 5.02 Å². The Bertz CT molecular complexity index is 331. The van der Waals surface area contributed by atoms with Crippen molar-refractivity contribution in [1.29, 1.82) is 0 Å². The summed E-state index contributed by atoms with van der Waals surface area (Å²) in [4.78, 5) is 11.3. The number of aromatic nitrogens is 2. The molecule has 0 aliphatic carbocycles. The van der Waals surface area contributed by atoms with Crippen LogP contribution in [0.25, 0.3) is 0 Å². The second-order valence-corrected chi connectivity index (χ2v) is 3.93. The lowest BCUT2D eigenvalue weighted by Gasteiger charge is -2.07. The normalized spacial score (nSPS) is 10.2. The summed E-state index contributed by atoms with van der Waals surface area (Å²) in [6, 6.07) is -0.175. The van der Waals surface area contributed by atoms with E-state index in [1.54, 1.807) is 17.9 Å². The molecule has 90 valence electrons. The van der Waals surface area contributed by atoms with Crippen LogP contribution in [-0.4, -0.2) is 22.4 Å². The van der Waals surface area contributed by atoms with Crippen molar-refractivity contribution in [2.45, 2.75) is 26.3 Å². The van der Waals surface area contributed by atoms with Gasteiger partial charge in [0.25, 0.3) is 0 Å². The summed E-state index contributed by atoms with van der Waals surface area (Å²) in [6.45, 7) is 3.16. The van der Waals surface area contributed by atoms with Crippen molar-refractivity contribution in [3.63, 3.8) is 0 Å². The number of aryl methyl sites for hydroxylation is 1. The van der Waals surface area contributed by atoms with E-state index in [1.165, 1.54) is 0 Å². The van der Waals surface area contributed by atoms with E-state index in [4.69, 9.17) is 11.6 Å². The van der Waals surface area contributed by atoms with E-state index in [9.17, 15) is 4.79 Å². The lowest BCUT2D eigenvalue weighted by Crippen LogP contribution is -2.36. The molecule has 16 heavy (non-hydrogen) atoms. The fourth-order valence-electron chi connectivity index (χ4n) is 1.24. The van der Waals surface area contributed by atoms with E-state index in [-0.39, 0.29) is 6.03 Å². The van der Waals surface area contributed by atoms with Gasteiger partial charge in [-0.2, -0.15) is 5.10 Å². The SMILES string of the molecule is CCCCNC(=O)NCc1c(Cl)cnn1C. The molecule has 0 saturated carbocycles. The van der Waals surface area contributed by atoms with E-state index in [0.29, 0.717) is 18.1 Å². The van der Waals surface area contributed by atoms with Gasteiger partial charge in [-0.3, -0.25) is 4.68 Å². The molecule has 0 radical (unpaired) electrons. The van der Waals surface area contributed by atoms with Crippen molar-refractivity contribution in [2.75, 3.05) is 6.54 Å². The van der Waals surface area contributed by atoms with Gasteiger partial charge in [-0.15, -0.1) is 0 Å². The maximum atomic E-state index is 11.3. The lowest BCUT2D eigenvalue weighted by molar-refractivity contribution is 0.240. The van der Waals surface area contributed by atoms with Gasteiger partial charge in [0.2, 0.25) is 0 Å². The smallest absolute Gasteiger partial charge is 0.315 e. The first-order chi connectivity index (χ1) is 7.65. The Hall–Kier alpha value is -1.23. The second-order valence-electron chi connectivity index (χ2n) is 3.53. The highest BCUT2D eigenvalue weighted by Crippen LogP contribution is 2.12. The molecule has 0 bridgehead atoms. The number of nitrogens with zero attached hydrogens (tertiary/aromatic N) is 2. The van der Waals surface area contributed by atoms with Crippen molar-refractivity contribution in [3.05, 3.63) is 16.9 Å². The van der Waals surface area contributed by atoms with Crippen LogP contribution >= 0.6 is 11.6 Å². The highest BCUT2D eigenvalue weighted by Gasteiger charge is 2.07. The summed E-state index contributed by atoms with van der Waals surface area (Å²) >= 11 is 5.90. The Morgan fingerprint density at radius 2 is 2.31 bits per heavy atom. The summed E-state index contributed by atoms with van der Waals surface area (Å²) in [5, 5.41) is 10.0. The lowest BCUT2D eigenvalue weighted by atomic mass is 10.3. The zero-order valence-electron chi connectivity index (χ0n) is 9.59. The first kappa shape index (κ1) is 12.8. The number of halogens is 1. The van der Waals surface area contributed by atoms with Gasteiger partial charge in [0.1, 0.15) is 0 Å². The van der Waals surface area contributed by atoms with Crippen molar-refractivity contribution in [1.82, 2.24) is 20.4 Å². The van der Waals surface area contributed by atoms with Gasteiger partial charge in [0.15, 0.2) is 0 Å². The largest absolute Gasteiger partial charge is 0.338 e. The Labute approximate surface area is 100 Å². The molecule has 0 atom stereocenters. The molecule has 0 aromatic carbocycles. The number of nitrogens with one attached hydrogen (secondary N) is 2. The fraction of sp³-hybridized carbons (Fsp3) is 0.600. The first-order valence-corrected chi connectivity index (χ1v) is 5.71. The van der Waals surface area contributed by atoms with Crippen LogP contribution in [0.15, 0.2) is 6.20 Å². The molecule has 0 saturated heterocycles. The molecular formula is C10H17ClN4O. The molecule has 0 spiro atoms. The molecule has 0 fully saturated rings. The Morgan fingerprint density at radius 1 is 1.56 bits per heavy atom. The fourth-order valence-corrected chi connectivity index (χ4v) is 1.47. The molecular weight excluding hydrogens is 228 g/mol. The molecule has 0 unspecified atom stereocenters. The molecule has 1 heterocycles. The highest BCUT2D eigenvalue weighted by molar-refractivity contribution is 6.31. The molecule has 1 aromatic rings. The summed E-state index contributed by atoms with van der Waals surface area (Å²) in [6.07, 6.45) is 3.61. The third kappa shape index (κ3) is 3.73. The average molecular weight is 245 g/mol. The molecule has 5 nitrogen and oxygen atoms in total. The van der Waals surface area contributed by atoms with Gasteiger partial charge in [0.05, 0.1) is 23.5 Å². The van der Waals surface area contributed by atoms with Gasteiger partial charge in [-0.25, -0.2) is 4.79 Å². The minimum Gasteiger partial charge on any atom is -0.338 e. The number of urea groups is 1. The van der Waals surface area contributed by atoms with Gasteiger partial charge in [0, 0.05) is 13.6 Å². The van der Waals surface area contributed by atoms with E-state index in [2.05, 4.69) is 22.7 Å². The predicted octanol–water partition coefficient (Wildman–Crippen LogP) is 1.67. The van der Waals surface area contributed by atoms with Gasteiger partial charge in [-0.1, -0.05) is 24.9 Å². The van der Waals surface area contributed by atoms with E-state index < -0.39 is 0 Å². The number of carbonyl (C=O) groups is 1. The monoisotopic (exact) mass is 244 g/mol. The number of rotatable bonds is 5. The molecule has 6 heteroatoms. The Kier molecular flexibility index (Phi) is 5.11. The minimum absolute atomic E-state index is 0.175. The van der Waals surface area contributed by atoms with Crippen molar-refractivity contribution >= 4 is 17.6 Å². The molecule has 0 aliphatic heterocycles. The van der Waals surface area contributed by atoms with Crippen LogP contribution in [0.4, 0.5) is 4.79 Å². The third-order valence-corrected chi connectivity index (χ3v) is 2.56. The predicted molar refractivity (Wildman–Crippen MR) is 63.4 cm³/mol. The van der Waals surface area contributed by atoms with Crippen LogP contribution in [-0.2, 0) is 13.6 Å². The summed E-state index contributed by atoms with van der Waals surface area (Å²) < 4.78 is 1.65. The maximum Gasteiger partial charge on any atom is 0.315 e. The van der Waals surface area contributed by atoms with Crippen LogP contribution in [0, 0.1) is 0 Å². The van der Waals surface area contributed by atoms with Crippen molar-refractivity contribution < 1.29 is 4.79 Å². The topological polar surface area (TPSA) is 59.0 Å². The zero-order valence-corrected chi connectivity index (χ0v) is 10.3. The molecule has 1 rings (SSSR count). The first-order valence-electron chi connectivity index (χ1n) is 5.33. The summed E-state index contributed by atoms with van der Waals surface area (Å²) in [5.41, 5.74) is 0.798. The van der Waals surface area contributed by atoms with Crippen molar-refractivity contribution in [2.24, 2.45) is 7.05 Å². The minimum atomic E-state index is -0.175. The number of carbonyl (C=O) groups excluding carboxylic acids is 1. The van der Waals surface area contributed by atoms with Crippen molar-refractivity contribution in [3.8, 4) is 0 Å². The van der Waals surface area contributed by atoms with Crippen LogP contribution in [0.5, 0.6) is 0 Å².